The highest BCUT2D eigenvalue weighted by Gasteiger charge is 2.35. The molecule has 2 heterocycles. The highest BCUT2D eigenvalue weighted by molar-refractivity contribution is 5.88. The standard InChI is InChI=1S/2C20H28N2O5.C12H30N2/c2*1-3-27-20(26)16(12-11-15-8-5-4-6-9-15)21-14(2)18(23)22-13-7-10-17(22)19(24)25;1-13(2,3)11-9-7-8-10-12-14(4,5)6/h2*4-6,8-9,14,16-17,21H,3,7,10-13H2,1-2H3,(H,24,25);7-12H2,1-6H3/q;;+2/p-2/t2*14-,16-,17-;/m00./s1. The van der Waals surface area contributed by atoms with Gasteiger partial charge in [-0.3, -0.25) is 29.8 Å². The summed E-state index contributed by atoms with van der Waals surface area (Å²) in [5.74, 6) is -3.97. The molecule has 2 aromatic rings. The van der Waals surface area contributed by atoms with Gasteiger partial charge in [-0.1, -0.05) is 60.7 Å². The van der Waals surface area contributed by atoms with E-state index in [1.165, 1.54) is 48.6 Å². The summed E-state index contributed by atoms with van der Waals surface area (Å²) in [5, 5.41) is 28.5. The van der Waals surface area contributed by atoms with Crippen LogP contribution in [0, 0.1) is 0 Å². The number of carboxylic acid groups (broad SMARTS) is 2. The van der Waals surface area contributed by atoms with Crippen LogP contribution >= 0.6 is 0 Å². The molecule has 16 nitrogen and oxygen atoms in total. The zero-order valence-electron chi connectivity index (χ0n) is 42.8. The van der Waals surface area contributed by atoms with Crippen LogP contribution in [0.15, 0.2) is 60.7 Å². The molecule has 2 fully saturated rings. The molecule has 2 N–H and O–H groups in total. The Morgan fingerprint density at radius 2 is 0.926 bits per heavy atom. The number of likely N-dealkylation sites (tertiary alicyclic amines) is 2. The van der Waals surface area contributed by atoms with Gasteiger partial charge in [0.25, 0.3) is 0 Å². The molecule has 0 unspecified atom stereocenters. The lowest BCUT2D eigenvalue weighted by Crippen LogP contribution is -2.55. The molecule has 2 aromatic carbocycles. The molecule has 68 heavy (non-hydrogen) atoms. The molecule has 382 valence electrons. The van der Waals surface area contributed by atoms with Crippen molar-refractivity contribution in [3.8, 4) is 0 Å². The normalized spacial score (nSPS) is 17.6. The summed E-state index contributed by atoms with van der Waals surface area (Å²) in [6.45, 7) is 10.6. The van der Waals surface area contributed by atoms with Crippen molar-refractivity contribution in [2.24, 2.45) is 0 Å². The van der Waals surface area contributed by atoms with Crippen LogP contribution in [-0.4, -0.2) is 172 Å². The van der Waals surface area contributed by atoms with Crippen LogP contribution < -0.4 is 20.8 Å². The van der Waals surface area contributed by atoms with Crippen LogP contribution in [0.25, 0.3) is 0 Å². The van der Waals surface area contributed by atoms with Gasteiger partial charge in [0.1, 0.15) is 12.1 Å². The summed E-state index contributed by atoms with van der Waals surface area (Å²) in [4.78, 5) is 75.0. The number of nitrogens with one attached hydrogen (secondary N) is 2. The van der Waals surface area contributed by atoms with Gasteiger partial charge in [-0.25, -0.2) is 0 Å². The number of hydrogen-bond acceptors (Lipinski definition) is 12. The summed E-state index contributed by atoms with van der Waals surface area (Å²) < 4.78 is 12.5. The summed E-state index contributed by atoms with van der Waals surface area (Å²) in [6, 6.07) is 15.0. The second-order valence-electron chi connectivity index (χ2n) is 19.9. The number of carbonyl (C=O) groups is 6. The summed E-state index contributed by atoms with van der Waals surface area (Å²) in [7, 11) is 13.6. The minimum absolute atomic E-state index is 0.254. The number of benzene rings is 2. The van der Waals surface area contributed by atoms with E-state index in [1.807, 2.05) is 60.7 Å². The van der Waals surface area contributed by atoms with E-state index in [4.69, 9.17) is 9.47 Å². The van der Waals surface area contributed by atoms with E-state index in [1.54, 1.807) is 27.7 Å². The van der Waals surface area contributed by atoms with Crippen molar-refractivity contribution in [3.63, 3.8) is 0 Å². The lowest BCUT2D eigenvalue weighted by Gasteiger charge is -2.30. The average Bonchev–Trinajstić information content (AvgIpc) is 3.99. The molecule has 0 spiro atoms. The van der Waals surface area contributed by atoms with Gasteiger partial charge in [0.15, 0.2) is 0 Å². The molecule has 2 amide bonds. The maximum absolute atomic E-state index is 12.7. The molecule has 0 aromatic heterocycles. The number of nitrogens with zero attached hydrogens (tertiary/aromatic N) is 4. The Bertz CT molecular complexity index is 1690. The number of carbonyl (C=O) groups excluding carboxylic acids is 6. The number of aryl methyl sites for hydroxylation is 2. The summed E-state index contributed by atoms with van der Waals surface area (Å²) in [6.07, 6.45) is 9.87. The lowest BCUT2D eigenvalue weighted by atomic mass is 10.0. The van der Waals surface area contributed by atoms with E-state index in [9.17, 15) is 39.0 Å². The molecule has 0 aliphatic carbocycles. The third-order valence-corrected chi connectivity index (χ3v) is 11.9. The van der Waals surface area contributed by atoms with Gasteiger partial charge in [-0.05, 0) is 116 Å². The van der Waals surface area contributed by atoms with Crippen molar-refractivity contribution in [2.75, 3.05) is 81.7 Å². The third-order valence-electron chi connectivity index (χ3n) is 11.9. The minimum Gasteiger partial charge on any atom is -0.548 e. The zero-order valence-corrected chi connectivity index (χ0v) is 42.8. The first-order chi connectivity index (χ1) is 32.1. The number of rotatable bonds is 25. The van der Waals surface area contributed by atoms with Gasteiger partial charge >= 0.3 is 11.9 Å². The monoisotopic (exact) mass is 953 g/mol. The topological polar surface area (TPSA) is 198 Å². The number of quaternary nitrogens is 2. The van der Waals surface area contributed by atoms with Crippen LogP contribution in [0.5, 0.6) is 0 Å². The van der Waals surface area contributed by atoms with Crippen LogP contribution in [0.3, 0.4) is 0 Å². The van der Waals surface area contributed by atoms with Crippen LogP contribution in [0.1, 0.15) is 103 Å². The van der Waals surface area contributed by atoms with E-state index in [0.717, 1.165) is 20.1 Å². The Morgan fingerprint density at radius 3 is 1.22 bits per heavy atom. The number of hydrogen-bond donors (Lipinski definition) is 2. The van der Waals surface area contributed by atoms with E-state index in [-0.39, 0.29) is 25.0 Å². The number of esters is 2. The van der Waals surface area contributed by atoms with Crippen LogP contribution in [0.2, 0.25) is 0 Å². The number of unbranched alkanes of at least 4 members (excludes halogenated alkanes) is 3. The van der Waals surface area contributed by atoms with Gasteiger partial charge in [-0.15, -0.1) is 0 Å². The highest BCUT2D eigenvalue weighted by Crippen LogP contribution is 2.20. The maximum atomic E-state index is 12.7. The third kappa shape index (κ3) is 22.9. The Kier molecular flexibility index (Phi) is 26.6. The smallest absolute Gasteiger partial charge is 0.323 e. The molecule has 2 saturated heterocycles. The zero-order chi connectivity index (χ0) is 50.9. The summed E-state index contributed by atoms with van der Waals surface area (Å²) in [5.41, 5.74) is 2.17. The predicted octanol–water partition coefficient (Wildman–Crippen LogP) is 2.50. The Balaban J connectivity index is 0.000000370. The molecule has 2 aliphatic rings. The second-order valence-corrected chi connectivity index (χ2v) is 19.9. The Hall–Kier alpha value is -4.90. The Morgan fingerprint density at radius 1 is 0.588 bits per heavy atom. The fraction of sp³-hybridized carbons (Fsp3) is 0.654. The predicted molar refractivity (Wildman–Crippen MR) is 259 cm³/mol. The van der Waals surface area contributed by atoms with Crippen LogP contribution in [-0.2, 0) is 51.1 Å². The van der Waals surface area contributed by atoms with Crippen molar-refractivity contribution in [1.82, 2.24) is 20.4 Å². The number of amides is 2. The highest BCUT2D eigenvalue weighted by atomic mass is 16.5. The van der Waals surface area contributed by atoms with Gasteiger partial charge in [0.05, 0.1) is 105 Å². The van der Waals surface area contributed by atoms with Crippen molar-refractivity contribution in [1.29, 1.82) is 0 Å². The molecular formula is C52H84N6O10. The average molecular weight is 953 g/mol. The molecule has 0 bridgehead atoms. The molecule has 4 rings (SSSR count). The van der Waals surface area contributed by atoms with E-state index in [2.05, 4.69) is 52.9 Å². The molecule has 16 heteroatoms. The fourth-order valence-corrected chi connectivity index (χ4v) is 8.26. The molecule has 6 atom stereocenters. The molecule has 0 radical (unpaired) electrons. The number of carboxylic acids is 2. The van der Waals surface area contributed by atoms with Gasteiger partial charge in [0, 0.05) is 13.1 Å². The minimum atomic E-state index is -1.24. The SMILES string of the molecule is CCOC(=O)[C@H](CCc1ccccc1)N[C@@H](C)C(=O)N1CCC[C@H]1C(=O)[O-].CCOC(=O)[C@H](CCc1ccccc1)N[C@@H](C)C(=O)N1CCC[C@H]1C(=O)[O-].C[N+](C)(C)CCCCCC[N+](C)(C)C. The molecule has 2 aliphatic heterocycles. The number of aliphatic carboxylic acids is 2. The van der Waals surface area contributed by atoms with Crippen molar-refractivity contribution >= 4 is 35.7 Å². The quantitative estimate of drug-likeness (QED) is 0.0840. The maximum Gasteiger partial charge on any atom is 0.323 e. The largest absolute Gasteiger partial charge is 0.548 e. The second kappa shape index (κ2) is 30.6. The molecular weight excluding hydrogens is 869 g/mol. The van der Waals surface area contributed by atoms with E-state index in [0.29, 0.717) is 64.5 Å². The first-order valence-electron chi connectivity index (χ1n) is 24.6. The van der Waals surface area contributed by atoms with Crippen LogP contribution in [0.4, 0.5) is 0 Å². The van der Waals surface area contributed by atoms with Gasteiger partial charge in [0.2, 0.25) is 11.8 Å². The Labute approximate surface area is 406 Å². The first-order valence-corrected chi connectivity index (χ1v) is 24.6. The van der Waals surface area contributed by atoms with Gasteiger partial charge in [-0.2, -0.15) is 0 Å². The summed E-state index contributed by atoms with van der Waals surface area (Å²) >= 11 is 0. The van der Waals surface area contributed by atoms with Crippen molar-refractivity contribution in [2.45, 2.75) is 141 Å². The van der Waals surface area contributed by atoms with E-state index < -0.39 is 60.1 Å². The van der Waals surface area contributed by atoms with E-state index >= 15 is 0 Å². The molecule has 0 saturated carbocycles. The van der Waals surface area contributed by atoms with Crippen molar-refractivity contribution < 1.29 is 57.4 Å². The first kappa shape index (κ1) is 59.2. The lowest BCUT2D eigenvalue weighted by molar-refractivity contribution is -0.871. The fourth-order valence-electron chi connectivity index (χ4n) is 8.26. The van der Waals surface area contributed by atoms with Gasteiger partial charge < -0.3 is 48.0 Å². The number of ether oxygens (including phenoxy) is 2. The van der Waals surface area contributed by atoms with Crippen molar-refractivity contribution in [3.05, 3.63) is 71.8 Å².